The van der Waals surface area contributed by atoms with E-state index in [9.17, 15) is 0 Å². The average Bonchev–Trinajstić information content (AvgIpc) is 2.43. The fourth-order valence-corrected chi connectivity index (χ4v) is 2.39. The molecule has 0 heterocycles. The van der Waals surface area contributed by atoms with Crippen LogP contribution in [0.4, 0.5) is 0 Å². The normalized spacial score (nSPS) is 11.9. The lowest BCUT2D eigenvalue weighted by molar-refractivity contribution is 0.545. The highest BCUT2D eigenvalue weighted by Gasteiger charge is 1.92. The summed E-state index contributed by atoms with van der Waals surface area (Å²) in [4.78, 5) is 0. The summed E-state index contributed by atoms with van der Waals surface area (Å²) in [7, 11) is 0. The van der Waals surface area contributed by atoms with E-state index in [4.69, 9.17) is 0 Å². The van der Waals surface area contributed by atoms with Crippen LogP contribution in [0.15, 0.2) is 24.3 Å². The second-order valence-corrected chi connectivity index (χ2v) is 5.63. The zero-order valence-electron chi connectivity index (χ0n) is 13.5. The summed E-state index contributed by atoms with van der Waals surface area (Å²) in [6, 6.07) is 0. The van der Waals surface area contributed by atoms with Crippen molar-refractivity contribution in [2.45, 2.75) is 97.3 Å². The van der Waals surface area contributed by atoms with Gasteiger partial charge in [-0.2, -0.15) is 0 Å². The van der Waals surface area contributed by atoms with Crippen molar-refractivity contribution in [1.29, 1.82) is 0 Å². The first-order chi connectivity index (χ1) is 9.41. The topological polar surface area (TPSA) is 0 Å². The quantitative estimate of drug-likeness (QED) is 0.230. The van der Waals surface area contributed by atoms with Crippen molar-refractivity contribution in [2.75, 3.05) is 0 Å². The predicted octanol–water partition coefficient (Wildman–Crippen LogP) is 7.21. The van der Waals surface area contributed by atoms with Crippen molar-refractivity contribution < 1.29 is 0 Å². The second-order valence-electron chi connectivity index (χ2n) is 5.63. The van der Waals surface area contributed by atoms with E-state index in [-0.39, 0.29) is 0 Å². The van der Waals surface area contributed by atoms with Gasteiger partial charge >= 0.3 is 0 Å². The van der Waals surface area contributed by atoms with E-state index in [0.29, 0.717) is 0 Å². The van der Waals surface area contributed by atoms with Gasteiger partial charge in [0, 0.05) is 0 Å². The van der Waals surface area contributed by atoms with E-state index in [1.54, 1.807) is 0 Å². The van der Waals surface area contributed by atoms with Gasteiger partial charge in [-0.1, -0.05) is 102 Å². The zero-order valence-corrected chi connectivity index (χ0v) is 13.5. The second kappa shape index (κ2) is 17.5. The lowest BCUT2D eigenvalue weighted by Gasteiger charge is -2.02. The van der Waals surface area contributed by atoms with E-state index in [0.717, 1.165) is 0 Å². The number of unbranched alkanes of at least 4 members (excludes halogenated alkanes) is 12. The minimum absolute atomic E-state index is 1.25. The molecule has 0 atom stereocenters. The van der Waals surface area contributed by atoms with Crippen LogP contribution >= 0.6 is 0 Å². The molecule has 0 aromatic carbocycles. The van der Waals surface area contributed by atoms with Crippen molar-refractivity contribution in [2.24, 2.45) is 0 Å². The molecule has 0 saturated carbocycles. The van der Waals surface area contributed by atoms with Crippen LogP contribution in [0, 0.1) is 0 Å². The fourth-order valence-electron chi connectivity index (χ4n) is 2.39. The molecule has 0 rings (SSSR count). The van der Waals surface area contributed by atoms with Crippen molar-refractivity contribution in [3.63, 3.8) is 0 Å². The number of hydrogen-bond acceptors (Lipinski definition) is 0. The minimum Gasteiger partial charge on any atom is -0.0877 e. The number of hydrogen-bond donors (Lipinski definition) is 0. The van der Waals surface area contributed by atoms with Crippen LogP contribution in [0.3, 0.4) is 0 Å². The van der Waals surface area contributed by atoms with E-state index < -0.39 is 0 Å². The van der Waals surface area contributed by atoms with Gasteiger partial charge in [-0.3, -0.25) is 0 Å². The summed E-state index contributed by atoms with van der Waals surface area (Å²) in [5.41, 5.74) is 0. The molecule has 0 N–H and O–H groups in total. The van der Waals surface area contributed by atoms with Crippen molar-refractivity contribution in [1.82, 2.24) is 0 Å². The van der Waals surface area contributed by atoms with Crippen LogP contribution in [-0.4, -0.2) is 0 Å². The Morgan fingerprint density at radius 3 is 1.53 bits per heavy atom. The molecule has 0 aromatic rings. The van der Waals surface area contributed by atoms with Gasteiger partial charge in [-0.25, -0.2) is 0 Å². The lowest BCUT2D eigenvalue weighted by Crippen LogP contribution is -1.82. The third kappa shape index (κ3) is 17.5. The Morgan fingerprint density at radius 2 is 1.05 bits per heavy atom. The Hall–Kier alpha value is -0.520. The fraction of sp³-hybridized carbons (Fsp3) is 0.789. The van der Waals surface area contributed by atoms with Crippen molar-refractivity contribution in [3.05, 3.63) is 24.3 Å². The first kappa shape index (κ1) is 18.5. The van der Waals surface area contributed by atoms with Crippen molar-refractivity contribution >= 4 is 0 Å². The Morgan fingerprint density at radius 1 is 0.579 bits per heavy atom. The standard InChI is InChI=1S/C19H36/c1-3-5-7-9-11-13-15-17-19-18-16-14-12-10-8-6-4-2/h3,5,7,9H,4,6,8,10-19H2,1-2H3/b5-3+,9-7+. The SMILES string of the molecule is C/C=C/C=C/CCCCCCCCCCCCCC. The third-order valence-electron chi connectivity index (χ3n) is 3.66. The van der Waals surface area contributed by atoms with Gasteiger partial charge in [0.1, 0.15) is 0 Å². The first-order valence-electron chi connectivity index (χ1n) is 8.69. The molecule has 0 amide bonds. The molecule has 0 bridgehead atoms. The molecule has 0 radical (unpaired) electrons. The predicted molar refractivity (Wildman–Crippen MR) is 89.6 cm³/mol. The Labute approximate surface area is 122 Å². The largest absolute Gasteiger partial charge is 0.0877 e. The zero-order chi connectivity index (χ0) is 14.0. The maximum atomic E-state index is 2.29. The van der Waals surface area contributed by atoms with Gasteiger partial charge in [0.15, 0.2) is 0 Å². The highest BCUT2D eigenvalue weighted by molar-refractivity contribution is 5.00. The van der Waals surface area contributed by atoms with Gasteiger partial charge in [-0.15, -0.1) is 0 Å². The number of allylic oxidation sites excluding steroid dienone is 4. The van der Waals surface area contributed by atoms with Gasteiger partial charge in [0.2, 0.25) is 0 Å². The van der Waals surface area contributed by atoms with Gasteiger partial charge in [0.05, 0.1) is 0 Å². The summed E-state index contributed by atoms with van der Waals surface area (Å²) >= 11 is 0. The highest BCUT2D eigenvalue weighted by Crippen LogP contribution is 2.12. The molecule has 0 heteroatoms. The van der Waals surface area contributed by atoms with Crippen LogP contribution in [0.5, 0.6) is 0 Å². The van der Waals surface area contributed by atoms with E-state index in [2.05, 4.69) is 38.2 Å². The summed E-state index contributed by atoms with van der Waals surface area (Å²) in [6.07, 6.45) is 27.1. The smallest absolute Gasteiger partial charge is 0.0348 e. The first-order valence-corrected chi connectivity index (χ1v) is 8.69. The van der Waals surface area contributed by atoms with Gasteiger partial charge in [0.25, 0.3) is 0 Å². The Kier molecular flexibility index (Phi) is 17.0. The van der Waals surface area contributed by atoms with E-state index in [1.165, 1.54) is 83.5 Å². The molecule has 0 aliphatic carbocycles. The molecule has 0 aromatic heterocycles. The molecular weight excluding hydrogens is 228 g/mol. The van der Waals surface area contributed by atoms with Crippen LogP contribution in [-0.2, 0) is 0 Å². The molecular formula is C19H36. The molecule has 0 unspecified atom stereocenters. The van der Waals surface area contributed by atoms with Crippen molar-refractivity contribution in [3.8, 4) is 0 Å². The van der Waals surface area contributed by atoms with Gasteiger partial charge in [-0.05, 0) is 19.8 Å². The third-order valence-corrected chi connectivity index (χ3v) is 3.66. The summed E-state index contributed by atoms with van der Waals surface area (Å²) in [5, 5.41) is 0. The molecule has 112 valence electrons. The highest BCUT2D eigenvalue weighted by atomic mass is 14.0. The van der Waals surface area contributed by atoms with Crippen LogP contribution < -0.4 is 0 Å². The maximum absolute atomic E-state index is 2.29. The molecule has 0 nitrogen and oxygen atoms in total. The van der Waals surface area contributed by atoms with E-state index in [1.807, 2.05) is 0 Å². The molecule has 0 aliphatic rings. The van der Waals surface area contributed by atoms with Gasteiger partial charge < -0.3 is 0 Å². The minimum atomic E-state index is 1.25. The lowest BCUT2D eigenvalue weighted by atomic mass is 10.0. The van der Waals surface area contributed by atoms with Crippen LogP contribution in [0.25, 0.3) is 0 Å². The maximum Gasteiger partial charge on any atom is -0.0348 e. The summed E-state index contributed by atoms with van der Waals surface area (Å²) in [6.45, 7) is 4.35. The van der Waals surface area contributed by atoms with E-state index >= 15 is 0 Å². The Balaban J connectivity index is 2.99. The molecule has 0 saturated heterocycles. The molecule has 0 aliphatic heterocycles. The van der Waals surface area contributed by atoms with Crippen LogP contribution in [0.1, 0.15) is 97.3 Å². The molecule has 0 spiro atoms. The molecule has 19 heavy (non-hydrogen) atoms. The monoisotopic (exact) mass is 264 g/mol. The number of rotatable bonds is 14. The average molecular weight is 264 g/mol. The summed E-state index contributed by atoms with van der Waals surface area (Å²) < 4.78 is 0. The molecule has 0 fully saturated rings. The van der Waals surface area contributed by atoms with Crippen LogP contribution in [0.2, 0.25) is 0 Å². The summed E-state index contributed by atoms with van der Waals surface area (Å²) in [5.74, 6) is 0. The Bertz CT molecular complexity index is 200.